The van der Waals surface area contributed by atoms with E-state index in [0.29, 0.717) is 0 Å². The maximum atomic E-state index is 11.2. The quantitative estimate of drug-likeness (QED) is 0.682. The smallest absolute Gasteiger partial charge is 0.264 e. The fraction of sp³-hybridized carbons (Fsp3) is 1.00. The molecule has 3 aliphatic heterocycles. The van der Waals surface area contributed by atoms with Crippen molar-refractivity contribution >= 4 is 10.1 Å². The molecule has 22 heavy (non-hydrogen) atoms. The first kappa shape index (κ1) is 16.6. The second kappa shape index (κ2) is 5.10. The van der Waals surface area contributed by atoms with Gasteiger partial charge >= 0.3 is 0 Å². The third-order valence-electron chi connectivity index (χ3n) is 3.70. The molecule has 3 heterocycles. The van der Waals surface area contributed by atoms with Crippen molar-refractivity contribution in [2.45, 2.75) is 70.0 Å². The Morgan fingerprint density at radius 2 is 1.45 bits per heavy atom. The molecule has 8 nitrogen and oxygen atoms in total. The lowest BCUT2D eigenvalue weighted by Gasteiger charge is -2.36. The average molecular weight is 338 g/mol. The van der Waals surface area contributed by atoms with Gasteiger partial charge in [-0.3, -0.25) is 4.18 Å². The predicted molar refractivity (Wildman–Crippen MR) is 73.3 cm³/mol. The molecule has 5 atom stereocenters. The van der Waals surface area contributed by atoms with Gasteiger partial charge in [-0.05, 0) is 27.7 Å². The Morgan fingerprint density at radius 1 is 0.909 bits per heavy atom. The van der Waals surface area contributed by atoms with Gasteiger partial charge < -0.3 is 23.7 Å². The van der Waals surface area contributed by atoms with Crippen LogP contribution in [0.4, 0.5) is 0 Å². The summed E-state index contributed by atoms with van der Waals surface area (Å²) in [7, 11) is -3.57. The molecule has 3 rings (SSSR count). The first-order chi connectivity index (χ1) is 9.96. The number of hydrogen-bond donors (Lipinski definition) is 0. The van der Waals surface area contributed by atoms with Crippen molar-refractivity contribution in [2.75, 3.05) is 12.9 Å². The Bertz CT molecular complexity index is 542. The number of ether oxygens (including phenoxy) is 5. The first-order valence-electron chi connectivity index (χ1n) is 7.17. The van der Waals surface area contributed by atoms with Crippen LogP contribution in [0.3, 0.4) is 0 Å². The summed E-state index contributed by atoms with van der Waals surface area (Å²) in [5.74, 6) is -1.62. The Hall–Kier alpha value is -0.290. The first-order valence-corrected chi connectivity index (χ1v) is 8.99. The summed E-state index contributed by atoms with van der Waals surface area (Å²) in [4.78, 5) is 0. The van der Waals surface area contributed by atoms with Crippen LogP contribution in [-0.2, 0) is 38.0 Å². The molecule has 0 aromatic heterocycles. The minimum Gasteiger partial charge on any atom is -0.342 e. The highest BCUT2D eigenvalue weighted by Crippen LogP contribution is 2.44. The standard InChI is InChI=1S/C13H22O8S/c1-12(2)18-8-7(6-16-22(5,14)15)17-11-10(9(8)19-12)20-13(3,4)21-11/h7-11H,6H2,1-5H3/t7?,8-,9-,10?,11+/m0/s1. The molecule has 0 bridgehead atoms. The molecule has 0 radical (unpaired) electrons. The summed E-state index contributed by atoms with van der Waals surface area (Å²) >= 11 is 0. The highest BCUT2D eigenvalue weighted by atomic mass is 32.2. The van der Waals surface area contributed by atoms with Gasteiger partial charge in [0, 0.05) is 0 Å². The van der Waals surface area contributed by atoms with E-state index in [1.807, 2.05) is 0 Å². The Labute approximate surface area is 130 Å². The summed E-state index contributed by atoms with van der Waals surface area (Å²) in [5.41, 5.74) is 0. The third kappa shape index (κ3) is 3.30. The van der Waals surface area contributed by atoms with Crippen LogP contribution < -0.4 is 0 Å². The summed E-state index contributed by atoms with van der Waals surface area (Å²) in [6.07, 6.45) is -1.62. The fourth-order valence-electron chi connectivity index (χ4n) is 3.02. The van der Waals surface area contributed by atoms with E-state index in [2.05, 4.69) is 0 Å². The molecule has 0 aromatic rings. The highest BCUT2D eigenvalue weighted by Gasteiger charge is 2.60. The van der Waals surface area contributed by atoms with Crippen molar-refractivity contribution in [1.82, 2.24) is 0 Å². The van der Waals surface area contributed by atoms with Crippen LogP contribution in [0.5, 0.6) is 0 Å². The SMILES string of the molecule is CC1(C)OC2[C@H](OC(COS(C)(=O)=O)[C@@H]3OC(C)(C)O[C@H]23)O1. The van der Waals surface area contributed by atoms with Gasteiger partial charge in [0.1, 0.15) is 24.4 Å². The van der Waals surface area contributed by atoms with E-state index in [0.717, 1.165) is 6.26 Å². The van der Waals surface area contributed by atoms with E-state index < -0.39 is 52.4 Å². The molecule has 0 saturated carbocycles. The van der Waals surface area contributed by atoms with Crippen LogP contribution in [0.2, 0.25) is 0 Å². The average Bonchev–Trinajstić information content (AvgIpc) is 2.79. The number of fused-ring (bicyclic) bond motifs is 3. The maximum absolute atomic E-state index is 11.2. The molecular formula is C13H22O8S. The van der Waals surface area contributed by atoms with Gasteiger partial charge in [-0.25, -0.2) is 0 Å². The predicted octanol–water partition coefficient (Wildman–Crippen LogP) is 0.359. The summed E-state index contributed by atoms with van der Waals surface area (Å²) in [5, 5.41) is 0. The molecule has 0 N–H and O–H groups in total. The second-order valence-corrected chi connectivity index (χ2v) is 8.34. The zero-order valence-electron chi connectivity index (χ0n) is 13.3. The van der Waals surface area contributed by atoms with E-state index in [1.165, 1.54) is 0 Å². The second-order valence-electron chi connectivity index (χ2n) is 6.70. The molecule has 0 aliphatic carbocycles. The van der Waals surface area contributed by atoms with Crippen molar-refractivity contribution in [1.29, 1.82) is 0 Å². The molecule has 9 heteroatoms. The Balaban J connectivity index is 1.81. The third-order valence-corrected chi connectivity index (χ3v) is 4.26. The lowest BCUT2D eigenvalue weighted by Crippen LogP contribution is -2.56. The Morgan fingerprint density at radius 3 is 2.09 bits per heavy atom. The lowest BCUT2D eigenvalue weighted by molar-refractivity contribution is -0.238. The van der Waals surface area contributed by atoms with Crippen molar-refractivity contribution in [3.8, 4) is 0 Å². The zero-order chi connectivity index (χ0) is 16.3. The van der Waals surface area contributed by atoms with Crippen molar-refractivity contribution in [3.05, 3.63) is 0 Å². The van der Waals surface area contributed by atoms with Crippen molar-refractivity contribution in [2.24, 2.45) is 0 Å². The van der Waals surface area contributed by atoms with Crippen LogP contribution in [0, 0.1) is 0 Å². The summed E-state index contributed by atoms with van der Waals surface area (Å²) in [6.45, 7) is 6.98. The molecule has 0 aromatic carbocycles. The van der Waals surface area contributed by atoms with E-state index in [4.69, 9.17) is 27.9 Å². The van der Waals surface area contributed by atoms with Crippen molar-refractivity contribution < 1.29 is 36.3 Å². The zero-order valence-corrected chi connectivity index (χ0v) is 14.1. The number of rotatable bonds is 3. The number of hydrogen-bond acceptors (Lipinski definition) is 8. The van der Waals surface area contributed by atoms with Gasteiger partial charge in [-0.2, -0.15) is 8.42 Å². The van der Waals surface area contributed by atoms with Crippen LogP contribution in [0.25, 0.3) is 0 Å². The molecule has 3 aliphatic rings. The van der Waals surface area contributed by atoms with Gasteiger partial charge in [-0.15, -0.1) is 0 Å². The molecule has 0 amide bonds. The van der Waals surface area contributed by atoms with E-state index in [9.17, 15) is 8.42 Å². The van der Waals surface area contributed by atoms with Crippen LogP contribution in [0.1, 0.15) is 27.7 Å². The van der Waals surface area contributed by atoms with Crippen LogP contribution in [-0.4, -0.2) is 63.6 Å². The fourth-order valence-corrected chi connectivity index (χ4v) is 3.40. The topological polar surface area (TPSA) is 89.5 Å². The molecular weight excluding hydrogens is 316 g/mol. The molecule has 128 valence electrons. The molecule has 3 fully saturated rings. The minimum absolute atomic E-state index is 0.160. The van der Waals surface area contributed by atoms with Crippen LogP contribution in [0.15, 0.2) is 0 Å². The largest absolute Gasteiger partial charge is 0.342 e. The normalized spacial score (nSPS) is 42.9. The molecule has 2 unspecified atom stereocenters. The summed E-state index contributed by atoms with van der Waals surface area (Å²) in [6, 6.07) is 0. The monoisotopic (exact) mass is 338 g/mol. The Kier molecular flexibility index (Phi) is 3.84. The van der Waals surface area contributed by atoms with Gasteiger partial charge in [-0.1, -0.05) is 0 Å². The van der Waals surface area contributed by atoms with Crippen molar-refractivity contribution in [3.63, 3.8) is 0 Å². The van der Waals surface area contributed by atoms with Gasteiger partial charge in [0.15, 0.2) is 17.9 Å². The van der Waals surface area contributed by atoms with Gasteiger partial charge in [0.05, 0.1) is 12.9 Å². The summed E-state index contributed by atoms with van der Waals surface area (Å²) < 4.78 is 56.4. The minimum atomic E-state index is -3.57. The van der Waals surface area contributed by atoms with E-state index in [-0.39, 0.29) is 6.61 Å². The lowest BCUT2D eigenvalue weighted by atomic mass is 9.99. The maximum Gasteiger partial charge on any atom is 0.264 e. The van der Waals surface area contributed by atoms with E-state index >= 15 is 0 Å². The van der Waals surface area contributed by atoms with Gasteiger partial charge in [0.25, 0.3) is 10.1 Å². The molecule has 0 spiro atoms. The van der Waals surface area contributed by atoms with E-state index in [1.54, 1.807) is 27.7 Å². The van der Waals surface area contributed by atoms with Crippen LogP contribution >= 0.6 is 0 Å². The highest BCUT2D eigenvalue weighted by molar-refractivity contribution is 7.85. The molecule has 3 saturated heterocycles. The van der Waals surface area contributed by atoms with Gasteiger partial charge in [0.2, 0.25) is 0 Å².